The number of amides is 7. The molecule has 41 heteroatoms. The van der Waals surface area contributed by atoms with Crippen molar-refractivity contribution in [2.75, 3.05) is 39.5 Å². The van der Waals surface area contributed by atoms with Crippen molar-refractivity contribution >= 4 is 78.1 Å². The lowest BCUT2D eigenvalue weighted by Crippen LogP contribution is -2.65. The molecule has 38 nitrogen and oxygen atoms in total. The summed E-state index contributed by atoms with van der Waals surface area (Å²) in [6, 6.07) is -3.15. The van der Waals surface area contributed by atoms with Gasteiger partial charge in [0, 0.05) is 53.7 Å². The van der Waals surface area contributed by atoms with Crippen LogP contribution in [0.25, 0.3) is 11.1 Å². The fourth-order valence-corrected chi connectivity index (χ4v) is 15.6. The highest BCUT2D eigenvalue weighted by Crippen LogP contribution is 2.51. The molecule has 7 amide bonds. The SMILES string of the molecule is [2H]C([2H])(NCCCCCCCCCC)C([2H])([2H])N[C@@]1(C)C[C@H](O[C@H]2[C@H](Oc3c4cc5cc3Oc3ccc(cc3Cl)[C@@H](O)[C@@H](NC(=O)[C@@H](CC(C)C)NC)C(=O)N[C@@H](CC(N)=O)C(=O)N[C@H]5C(=O)N[C@H]3C(=O)N[C@H](C(=O)N[C@@H](C(=O)O)c5cc(O)c(CNCP(=O)(O)O)c(O)c5-c5cc3ccc5O)[C@H](O)c3ccc(c(Cl)c3)O4)O[C@H](CO)[C@@H](O)[C@@H]2O)O[C@@H](C)[C@H]1O. The van der Waals surface area contributed by atoms with Gasteiger partial charge < -0.3 is 148 Å². The first-order chi connectivity index (χ1) is 58.8. The van der Waals surface area contributed by atoms with Crippen molar-refractivity contribution in [3.8, 4) is 57.1 Å². The van der Waals surface area contributed by atoms with Crippen LogP contribution in [0.15, 0.2) is 72.8 Å². The van der Waals surface area contributed by atoms with Gasteiger partial charge in [0.2, 0.25) is 53.4 Å². The highest BCUT2D eigenvalue weighted by Gasteiger charge is 2.52. The number of halogens is 2. The van der Waals surface area contributed by atoms with E-state index in [4.69, 9.17) is 62.8 Å². The van der Waals surface area contributed by atoms with E-state index in [1.54, 1.807) is 13.8 Å². The second kappa shape index (κ2) is 41.4. The predicted molar refractivity (Wildman–Crippen MR) is 432 cm³/mol. The molecule has 2 saturated heterocycles. The van der Waals surface area contributed by atoms with Crippen molar-refractivity contribution in [2.45, 2.75) is 221 Å². The molecule has 0 spiro atoms. The molecule has 121 heavy (non-hydrogen) atoms. The van der Waals surface area contributed by atoms with Gasteiger partial charge in [-0.1, -0.05) is 107 Å². The van der Waals surface area contributed by atoms with Gasteiger partial charge in [0.15, 0.2) is 29.9 Å². The zero-order valence-electron chi connectivity index (χ0n) is 70.7. The number of aliphatic carboxylic acids is 1. The largest absolute Gasteiger partial charge is 0.507 e. The van der Waals surface area contributed by atoms with Crippen LogP contribution in [0.5, 0.6) is 46.0 Å². The quantitative estimate of drug-likeness (QED) is 0.0232. The zero-order chi connectivity index (χ0) is 91.8. The Balaban J connectivity index is 1.18. The normalized spacial score (nSPS) is 27.4. The first-order valence-electron chi connectivity index (χ1n) is 41.3. The van der Waals surface area contributed by atoms with E-state index in [1.807, 2.05) is 0 Å². The number of nitrogens with two attached hydrogens (primary N) is 1. The Labute approximate surface area is 711 Å². The molecule has 662 valence electrons. The number of unbranched alkanes of at least 4 members (excludes halogenated alkanes) is 7. The molecule has 12 rings (SSSR count). The Kier molecular flexibility index (Phi) is 30.2. The molecule has 0 aliphatic carbocycles. The van der Waals surface area contributed by atoms with Crippen LogP contribution < -0.4 is 73.1 Å². The molecule has 18 atom stereocenters. The van der Waals surface area contributed by atoms with Crippen LogP contribution in [-0.2, 0) is 63.7 Å². The van der Waals surface area contributed by atoms with Crippen molar-refractivity contribution in [1.82, 2.24) is 53.2 Å². The van der Waals surface area contributed by atoms with Crippen LogP contribution >= 0.6 is 30.8 Å². The number of aromatic hydroxyl groups is 3. The van der Waals surface area contributed by atoms with Crippen molar-refractivity contribution in [3.63, 3.8) is 0 Å². The lowest BCUT2D eigenvalue weighted by molar-refractivity contribution is -0.334. The lowest BCUT2D eigenvalue weighted by atomic mass is 9.85. The number of phenols is 3. The number of phenolic OH excluding ortho intramolecular Hbond substituents is 3. The maximum atomic E-state index is 16.4. The number of carbonyl (C=O) groups excluding carboxylic acids is 7. The third-order valence-corrected chi connectivity index (χ3v) is 22.5. The van der Waals surface area contributed by atoms with E-state index in [0.29, 0.717) is 6.42 Å². The van der Waals surface area contributed by atoms with Crippen molar-refractivity contribution in [1.29, 1.82) is 0 Å². The van der Waals surface area contributed by atoms with E-state index in [2.05, 4.69) is 60.1 Å². The van der Waals surface area contributed by atoms with Crippen LogP contribution in [-0.4, -0.2) is 227 Å². The molecule has 11 bridgehead atoms. The topological polar surface area (TPSA) is 598 Å². The molecule has 0 unspecified atom stereocenters. The summed E-state index contributed by atoms with van der Waals surface area (Å²) in [4.78, 5) is 138. The number of ether oxygens (including phenoxy) is 6. The van der Waals surface area contributed by atoms with Gasteiger partial charge in [0.1, 0.15) is 89.5 Å². The number of hydrogen-bond donors (Lipinski definition) is 23. The van der Waals surface area contributed by atoms with Crippen LogP contribution in [0.1, 0.15) is 174 Å². The summed E-state index contributed by atoms with van der Waals surface area (Å²) < 4.78 is 87.1. The number of carbonyl (C=O) groups is 8. The van der Waals surface area contributed by atoms with Gasteiger partial charge in [-0.15, -0.1) is 0 Å². The minimum absolute atomic E-state index is 0.0774. The summed E-state index contributed by atoms with van der Waals surface area (Å²) in [5, 5.41) is 142. The zero-order valence-corrected chi connectivity index (χ0v) is 69.1. The number of carboxylic acids is 1. The molecule has 7 heterocycles. The van der Waals surface area contributed by atoms with Crippen LogP contribution in [0.2, 0.25) is 10.0 Å². The number of fused-ring (bicyclic) bond motifs is 15. The summed E-state index contributed by atoms with van der Waals surface area (Å²) in [5.41, 5.74) is -0.463. The van der Waals surface area contributed by atoms with E-state index in [-0.39, 0.29) is 30.0 Å². The molecular weight excluding hydrogens is 1650 g/mol. The number of likely N-dealkylation sites (N-methyl/N-ethyl adjacent to an activating group) is 1. The van der Waals surface area contributed by atoms with E-state index in [9.17, 15) is 79.8 Å². The molecule has 5 aromatic rings. The third-order valence-electron chi connectivity index (χ3n) is 21.3. The Bertz CT molecular complexity index is 4860. The third kappa shape index (κ3) is 23.0. The molecular formula is C80H106Cl2N11O27P. The summed E-state index contributed by atoms with van der Waals surface area (Å²) in [5.74, 6) is -17.8. The molecule has 7 aliphatic heterocycles. The molecule has 2 fully saturated rings. The van der Waals surface area contributed by atoms with Crippen LogP contribution in [0, 0.1) is 5.92 Å². The van der Waals surface area contributed by atoms with E-state index >= 15 is 24.0 Å². The molecule has 0 aromatic heterocycles. The predicted octanol–water partition coefficient (Wildman–Crippen LogP) is 2.69. The number of aliphatic hydroxyl groups is 6. The maximum Gasteiger partial charge on any atom is 0.339 e. The second-order valence-electron chi connectivity index (χ2n) is 30.9. The number of benzene rings is 5. The fraction of sp³-hybridized carbons (Fsp3) is 0.525. The average Bonchev–Trinajstić information content (AvgIpc) is 0.757. The summed E-state index contributed by atoms with van der Waals surface area (Å²) >= 11 is 14.3. The van der Waals surface area contributed by atoms with Gasteiger partial charge in [-0.25, -0.2) is 4.79 Å². The Morgan fingerprint density at radius 2 is 1.33 bits per heavy atom. The average molecular weight is 1760 g/mol. The van der Waals surface area contributed by atoms with Gasteiger partial charge in [-0.05, 0) is 123 Å². The molecule has 24 N–H and O–H groups in total. The number of rotatable bonds is 30. The number of aliphatic hydroxyl groups excluding tert-OH is 6. The van der Waals surface area contributed by atoms with Crippen LogP contribution in [0.4, 0.5) is 0 Å². The van der Waals surface area contributed by atoms with Gasteiger partial charge in [-0.3, -0.25) is 38.1 Å². The molecule has 5 aromatic carbocycles. The van der Waals surface area contributed by atoms with E-state index < -0.39 is 299 Å². The first-order valence-corrected chi connectivity index (χ1v) is 41.8. The molecule has 0 saturated carbocycles. The Morgan fingerprint density at radius 1 is 0.719 bits per heavy atom. The Hall–Kier alpha value is -9.13. The van der Waals surface area contributed by atoms with Gasteiger partial charge in [-0.2, -0.15) is 0 Å². The number of nitrogens with one attached hydrogen (secondary N) is 10. The molecule has 7 aliphatic rings. The second-order valence-corrected chi connectivity index (χ2v) is 33.4. The summed E-state index contributed by atoms with van der Waals surface area (Å²) in [7, 11) is -3.42. The molecule has 0 radical (unpaired) electrons. The smallest absolute Gasteiger partial charge is 0.339 e. The maximum absolute atomic E-state index is 16.4. The lowest BCUT2D eigenvalue weighted by Gasteiger charge is -2.48. The number of carboxylic acid groups (broad SMARTS) is 1. The van der Waals surface area contributed by atoms with Crippen molar-refractivity contribution in [3.05, 3.63) is 116 Å². The Morgan fingerprint density at radius 3 is 1.93 bits per heavy atom. The summed E-state index contributed by atoms with van der Waals surface area (Å²) in [6.45, 7) is 0.881. The first kappa shape index (κ1) is 88.2. The monoisotopic (exact) mass is 1760 g/mol. The van der Waals surface area contributed by atoms with Gasteiger partial charge in [0.05, 0.1) is 53.2 Å². The van der Waals surface area contributed by atoms with Gasteiger partial charge >= 0.3 is 13.6 Å². The van der Waals surface area contributed by atoms with Crippen LogP contribution in [0.3, 0.4) is 0 Å². The van der Waals surface area contributed by atoms with E-state index in [1.165, 1.54) is 27.0 Å². The summed E-state index contributed by atoms with van der Waals surface area (Å²) in [6.07, 6.45) is -14.7. The van der Waals surface area contributed by atoms with Gasteiger partial charge in [0.25, 0.3) is 0 Å². The van der Waals surface area contributed by atoms with Crippen molar-refractivity contribution in [2.24, 2.45) is 11.7 Å². The standard InChI is InChI=1S/C80H106Cl2N11O27P/c1-7-8-9-10-11-12-13-14-21-85-22-23-87-80(5)32-57(115-37(4)71(80)103)119-70-68(102)67(101)55(34-94)118-79(70)120-69-53-28-41-29-54(69)117-52-20-17-40(27-46(52)82)65(99)63-77(109)91-61(78(110)111)43-30-50(96)44(33-86-35-121(112,113)114)66(100)58(43)42-25-38(15-18-49(42)95)59(74(106)93-63)90-75(107)60(41)89-73(105)48(31-56(83)97)88-76(108)62(92-72(104)47(84-6)24-36(2)3)64(98)39-16-19-51(116-53)45(81)26-39/h15-20,25-30,36-37,47-48,55,57,59-65,67-68,70-71,79,84-87,94-96,98-103H,7-14,21-24,31-35H2,1-6H3,(H2,83,97)(H,88,108)(H,89,105)(H,90,107)(H,91,109)(H,92,104)(H,93,106)(H,110,111)(H2,112,113,114)/t37-,47+,48-,55+,57-,59+,60+,61+,62+,63-,64+,65+,67+,68-,70+,71+,79-,80-/m0/s1/i22D2,23D2. The highest BCUT2D eigenvalue weighted by molar-refractivity contribution is 7.51. The minimum atomic E-state index is -4.87. The fourth-order valence-electron chi connectivity index (χ4n) is 14.8. The highest BCUT2D eigenvalue weighted by atomic mass is 35.5. The van der Waals surface area contributed by atoms with Crippen molar-refractivity contribution < 1.29 is 138 Å². The minimum Gasteiger partial charge on any atom is -0.507 e. The number of primary amides is 1. The number of hydrogen-bond acceptors (Lipinski definition) is 28. The van der Waals surface area contributed by atoms with E-state index in [0.717, 1.165) is 112 Å².